The van der Waals surface area contributed by atoms with Gasteiger partial charge >= 0.3 is 0 Å². The first-order chi connectivity index (χ1) is 13.3. The van der Waals surface area contributed by atoms with E-state index in [0.717, 1.165) is 12.0 Å². The van der Waals surface area contributed by atoms with E-state index in [2.05, 4.69) is 31.6 Å². The molecule has 28 heavy (non-hydrogen) atoms. The van der Waals surface area contributed by atoms with Gasteiger partial charge < -0.3 is 9.47 Å². The minimum atomic E-state index is -0.455. The van der Waals surface area contributed by atoms with Crippen molar-refractivity contribution in [3.05, 3.63) is 59.7 Å². The molecule has 2 amide bonds. The normalized spacial score (nSPS) is 10.9. The number of carbonyl (C=O) groups is 2. The van der Waals surface area contributed by atoms with E-state index in [9.17, 15) is 9.59 Å². The van der Waals surface area contributed by atoms with E-state index >= 15 is 0 Å². The molecule has 2 N–H and O–H groups in total. The maximum atomic E-state index is 12.3. The molecule has 150 valence electrons. The number of hydrogen-bond donors (Lipinski definition) is 2. The molecular weight excluding hydrogens is 356 g/mol. The minimum absolute atomic E-state index is 0.108. The standard InChI is InChI=1S/C22H28N2O4/c1-5-14-27-18-12-8-6-10-16(18)21(26)24-23-20(25)15-28-19-13-9-7-11-17(19)22(2,3)4/h6-13H,5,14-15H2,1-4H3,(H,23,25)(H,24,26). The van der Waals surface area contributed by atoms with E-state index in [1.165, 1.54) is 0 Å². The third-order valence-electron chi connectivity index (χ3n) is 3.96. The molecule has 2 rings (SSSR count). The van der Waals surface area contributed by atoms with E-state index in [1.54, 1.807) is 24.3 Å². The van der Waals surface area contributed by atoms with Gasteiger partial charge in [0.25, 0.3) is 11.8 Å². The first-order valence-electron chi connectivity index (χ1n) is 9.36. The number of nitrogens with one attached hydrogen (secondary N) is 2. The van der Waals surface area contributed by atoms with Crippen LogP contribution in [0.25, 0.3) is 0 Å². The number of rotatable bonds is 7. The Bertz CT molecular complexity index is 812. The SMILES string of the molecule is CCCOc1ccccc1C(=O)NNC(=O)COc1ccccc1C(C)(C)C. The summed E-state index contributed by atoms with van der Waals surface area (Å²) in [4.78, 5) is 24.4. The van der Waals surface area contributed by atoms with Gasteiger partial charge in [-0.15, -0.1) is 0 Å². The Balaban J connectivity index is 1.91. The summed E-state index contributed by atoms with van der Waals surface area (Å²) in [6.07, 6.45) is 0.833. The highest BCUT2D eigenvalue weighted by Gasteiger charge is 2.19. The molecule has 6 heteroatoms. The molecule has 0 atom stereocenters. The molecule has 0 saturated carbocycles. The Hall–Kier alpha value is -3.02. The van der Waals surface area contributed by atoms with Crippen LogP contribution in [0.1, 0.15) is 50.0 Å². The van der Waals surface area contributed by atoms with Crippen LogP contribution in [-0.4, -0.2) is 25.0 Å². The smallest absolute Gasteiger partial charge is 0.276 e. The van der Waals surface area contributed by atoms with Crippen LogP contribution in [0.5, 0.6) is 11.5 Å². The fourth-order valence-corrected chi connectivity index (χ4v) is 2.58. The second-order valence-corrected chi connectivity index (χ2v) is 7.38. The fraction of sp³-hybridized carbons (Fsp3) is 0.364. The van der Waals surface area contributed by atoms with Gasteiger partial charge in [0.05, 0.1) is 12.2 Å². The van der Waals surface area contributed by atoms with Crippen LogP contribution in [0.3, 0.4) is 0 Å². The Labute approximate surface area is 166 Å². The summed E-state index contributed by atoms with van der Waals surface area (Å²) in [5.74, 6) is 0.223. The van der Waals surface area contributed by atoms with Crippen LogP contribution < -0.4 is 20.3 Å². The second-order valence-electron chi connectivity index (χ2n) is 7.38. The molecule has 2 aromatic rings. The van der Waals surface area contributed by atoms with Crippen molar-refractivity contribution in [1.29, 1.82) is 0 Å². The quantitative estimate of drug-likeness (QED) is 0.715. The van der Waals surface area contributed by atoms with Crippen molar-refractivity contribution in [2.75, 3.05) is 13.2 Å². The number of hydrogen-bond acceptors (Lipinski definition) is 4. The van der Waals surface area contributed by atoms with Crippen molar-refractivity contribution in [1.82, 2.24) is 10.9 Å². The van der Waals surface area contributed by atoms with Crippen molar-refractivity contribution in [2.24, 2.45) is 0 Å². The molecule has 0 aromatic heterocycles. The molecule has 0 spiro atoms. The molecule has 0 heterocycles. The lowest BCUT2D eigenvalue weighted by molar-refractivity contribution is -0.123. The van der Waals surface area contributed by atoms with Crippen LogP contribution in [0.15, 0.2) is 48.5 Å². The maximum Gasteiger partial charge on any atom is 0.276 e. The lowest BCUT2D eigenvalue weighted by Gasteiger charge is -2.22. The largest absolute Gasteiger partial charge is 0.493 e. The summed E-state index contributed by atoms with van der Waals surface area (Å²) in [5, 5.41) is 0. The summed E-state index contributed by atoms with van der Waals surface area (Å²) >= 11 is 0. The highest BCUT2D eigenvalue weighted by Crippen LogP contribution is 2.30. The fourth-order valence-electron chi connectivity index (χ4n) is 2.58. The molecule has 0 radical (unpaired) electrons. The molecule has 0 aliphatic carbocycles. The molecule has 2 aromatic carbocycles. The van der Waals surface area contributed by atoms with Gasteiger partial charge in [0.2, 0.25) is 0 Å². The van der Waals surface area contributed by atoms with Crippen molar-refractivity contribution in [3.8, 4) is 11.5 Å². The number of benzene rings is 2. The summed E-state index contributed by atoms with van der Waals surface area (Å²) in [6.45, 7) is 8.52. The van der Waals surface area contributed by atoms with Gasteiger partial charge in [-0.05, 0) is 35.6 Å². The Kier molecular flexibility index (Phi) is 7.44. The number of para-hydroxylation sites is 2. The minimum Gasteiger partial charge on any atom is -0.493 e. The van der Waals surface area contributed by atoms with Gasteiger partial charge in [-0.25, -0.2) is 0 Å². The number of ether oxygens (including phenoxy) is 2. The summed E-state index contributed by atoms with van der Waals surface area (Å²) < 4.78 is 11.2. The predicted octanol–water partition coefficient (Wildman–Crippen LogP) is 3.61. The van der Waals surface area contributed by atoms with Gasteiger partial charge in [0.15, 0.2) is 6.61 Å². The van der Waals surface area contributed by atoms with Gasteiger partial charge in [-0.3, -0.25) is 20.4 Å². The van der Waals surface area contributed by atoms with Crippen molar-refractivity contribution in [2.45, 2.75) is 39.5 Å². The average Bonchev–Trinajstić information content (AvgIpc) is 2.68. The lowest BCUT2D eigenvalue weighted by atomic mass is 9.86. The zero-order valence-corrected chi connectivity index (χ0v) is 16.9. The Morgan fingerprint density at radius 3 is 2.21 bits per heavy atom. The number of carbonyl (C=O) groups excluding carboxylic acids is 2. The summed E-state index contributed by atoms with van der Waals surface area (Å²) in [7, 11) is 0. The molecular formula is C22H28N2O4. The highest BCUT2D eigenvalue weighted by molar-refractivity contribution is 5.97. The van der Waals surface area contributed by atoms with E-state index in [0.29, 0.717) is 23.7 Å². The number of amides is 2. The van der Waals surface area contributed by atoms with Crippen LogP contribution in [0, 0.1) is 0 Å². The molecule has 6 nitrogen and oxygen atoms in total. The Morgan fingerprint density at radius 1 is 0.893 bits per heavy atom. The monoisotopic (exact) mass is 384 g/mol. The molecule has 0 fully saturated rings. The van der Waals surface area contributed by atoms with E-state index in [-0.39, 0.29) is 12.0 Å². The molecule has 0 saturated heterocycles. The first-order valence-corrected chi connectivity index (χ1v) is 9.36. The van der Waals surface area contributed by atoms with E-state index < -0.39 is 11.8 Å². The van der Waals surface area contributed by atoms with E-state index in [4.69, 9.17) is 9.47 Å². The zero-order chi connectivity index (χ0) is 20.6. The van der Waals surface area contributed by atoms with Crippen LogP contribution in [-0.2, 0) is 10.2 Å². The summed E-state index contributed by atoms with van der Waals surface area (Å²) in [6, 6.07) is 14.5. The molecule has 0 aliphatic heterocycles. The van der Waals surface area contributed by atoms with Crippen LogP contribution >= 0.6 is 0 Å². The summed E-state index contributed by atoms with van der Waals surface area (Å²) in [5.41, 5.74) is 6.03. The third kappa shape index (κ3) is 6.01. The third-order valence-corrected chi connectivity index (χ3v) is 3.96. The average molecular weight is 384 g/mol. The Morgan fingerprint density at radius 2 is 1.54 bits per heavy atom. The first kappa shape index (κ1) is 21.3. The number of hydrazine groups is 1. The molecule has 0 bridgehead atoms. The zero-order valence-electron chi connectivity index (χ0n) is 16.9. The van der Waals surface area contributed by atoms with Gasteiger partial charge in [0.1, 0.15) is 11.5 Å². The van der Waals surface area contributed by atoms with Crippen LogP contribution in [0.4, 0.5) is 0 Å². The second kappa shape index (κ2) is 9.78. The van der Waals surface area contributed by atoms with Crippen molar-refractivity contribution in [3.63, 3.8) is 0 Å². The van der Waals surface area contributed by atoms with Crippen molar-refractivity contribution < 1.29 is 19.1 Å². The van der Waals surface area contributed by atoms with Crippen molar-refractivity contribution >= 4 is 11.8 Å². The van der Waals surface area contributed by atoms with Gasteiger partial charge in [-0.1, -0.05) is 58.0 Å². The van der Waals surface area contributed by atoms with Gasteiger partial charge in [-0.2, -0.15) is 0 Å². The van der Waals surface area contributed by atoms with Crippen LogP contribution in [0.2, 0.25) is 0 Å². The predicted molar refractivity (Wildman–Crippen MR) is 108 cm³/mol. The maximum absolute atomic E-state index is 12.3. The molecule has 0 unspecified atom stereocenters. The van der Waals surface area contributed by atoms with Gasteiger partial charge in [0, 0.05) is 0 Å². The topological polar surface area (TPSA) is 76.7 Å². The highest BCUT2D eigenvalue weighted by atomic mass is 16.5. The van der Waals surface area contributed by atoms with E-state index in [1.807, 2.05) is 31.2 Å². The molecule has 0 aliphatic rings. The lowest BCUT2D eigenvalue weighted by Crippen LogP contribution is -2.44.